The second kappa shape index (κ2) is 6.72. The second-order valence-corrected chi connectivity index (χ2v) is 5.56. The van der Waals surface area contributed by atoms with E-state index in [1.165, 1.54) is 18.9 Å². The summed E-state index contributed by atoms with van der Waals surface area (Å²) in [5, 5.41) is 25.4. The minimum Gasteiger partial charge on any atom is -0.369 e. The van der Waals surface area contributed by atoms with Crippen LogP contribution >= 0.6 is 0 Å². The SMILES string of the molecule is CNC1=C([N+](=O)[O-])CC([N+](=O)[O-])=C(N2CCN(C(C)=O)CC2)N1C. The van der Waals surface area contributed by atoms with Gasteiger partial charge in [-0.1, -0.05) is 0 Å². The Morgan fingerprint density at radius 2 is 1.62 bits per heavy atom. The summed E-state index contributed by atoms with van der Waals surface area (Å²) in [5.74, 6) is 0.523. The minimum atomic E-state index is -0.601. The molecule has 0 atom stereocenters. The summed E-state index contributed by atoms with van der Waals surface area (Å²) in [6.45, 7) is 3.26. The van der Waals surface area contributed by atoms with Gasteiger partial charge >= 0.3 is 0 Å². The van der Waals surface area contributed by atoms with Crippen molar-refractivity contribution < 1.29 is 14.6 Å². The number of nitrogens with zero attached hydrogens (tertiary/aromatic N) is 5. The quantitative estimate of drug-likeness (QED) is 0.541. The first-order valence-electron chi connectivity index (χ1n) is 7.45. The topological polar surface area (TPSA) is 125 Å². The first-order valence-corrected chi connectivity index (χ1v) is 7.45. The molecule has 132 valence electrons. The fourth-order valence-electron chi connectivity index (χ4n) is 3.05. The van der Waals surface area contributed by atoms with Gasteiger partial charge in [-0.05, 0) is 0 Å². The molecule has 0 aromatic carbocycles. The van der Waals surface area contributed by atoms with Crippen LogP contribution in [0.25, 0.3) is 0 Å². The summed E-state index contributed by atoms with van der Waals surface area (Å²) in [4.78, 5) is 37.8. The van der Waals surface area contributed by atoms with E-state index < -0.39 is 9.85 Å². The zero-order valence-electron chi connectivity index (χ0n) is 13.8. The molecule has 0 aromatic rings. The van der Waals surface area contributed by atoms with Crippen LogP contribution in [0, 0.1) is 20.2 Å². The Morgan fingerprint density at radius 3 is 2.04 bits per heavy atom. The van der Waals surface area contributed by atoms with Gasteiger partial charge in [0.1, 0.15) is 6.42 Å². The maximum absolute atomic E-state index is 11.5. The summed E-state index contributed by atoms with van der Waals surface area (Å²) < 4.78 is 0. The first-order chi connectivity index (χ1) is 11.3. The Balaban J connectivity index is 2.35. The van der Waals surface area contributed by atoms with Crippen molar-refractivity contribution in [3.05, 3.63) is 43.3 Å². The highest BCUT2D eigenvalue weighted by Gasteiger charge is 2.41. The van der Waals surface area contributed by atoms with Gasteiger partial charge in [-0.15, -0.1) is 0 Å². The number of rotatable bonds is 4. The molecule has 1 saturated heterocycles. The van der Waals surface area contributed by atoms with E-state index in [1.807, 2.05) is 0 Å². The Kier molecular flexibility index (Phi) is 4.90. The third-order valence-electron chi connectivity index (χ3n) is 4.22. The van der Waals surface area contributed by atoms with Crippen molar-refractivity contribution in [3.8, 4) is 0 Å². The molecule has 1 N–H and O–H groups in total. The normalized spacial score (nSPS) is 18.9. The molecular weight excluding hydrogens is 320 g/mol. The number of carbonyl (C=O) groups excluding carboxylic acids is 1. The number of amides is 1. The van der Waals surface area contributed by atoms with Gasteiger partial charge in [-0.25, -0.2) is 0 Å². The number of nitro groups is 2. The molecule has 0 spiro atoms. The van der Waals surface area contributed by atoms with Gasteiger partial charge < -0.3 is 20.0 Å². The Hall–Kier alpha value is -2.85. The number of piperazine rings is 1. The van der Waals surface area contributed by atoms with Crippen molar-refractivity contribution in [1.29, 1.82) is 0 Å². The summed E-state index contributed by atoms with van der Waals surface area (Å²) >= 11 is 0. The molecule has 0 unspecified atom stereocenters. The van der Waals surface area contributed by atoms with Crippen LogP contribution < -0.4 is 5.32 Å². The number of hydrogen-bond donors (Lipinski definition) is 1. The zero-order valence-corrected chi connectivity index (χ0v) is 13.8. The van der Waals surface area contributed by atoms with Crippen LogP contribution in [0.15, 0.2) is 23.0 Å². The molecule has 2 aliphatic heterocycles. The lowest BCUT2D eigenvalue weighted by molar-refractivity contribution is -0.455. The maximum atomic E-state index is 11.5. The third kappa shape index (κ3) is 3.09. The van der Waals surface area contributed by atoms with Gasteiger partial charge in [-0.3, -0.25) is 25.0 Å². The molecule has 0 radical (unpaired) electrons. The molecule has 2 aliphatic rings. The average Bonchev–Trinajstić information content (AvgIpc) is 2.53. The first kappa shape index (κ1) is 17.5. The Labute approximate surface area is 138 Å². The van der Waals surface area contributed by atoms with Crippen molar-refractivity contribution in [2.45, 2.75) is 13.3 Å². The predicted molar refractivity (Wildman–Crippen MR) is 83.3 cm³/mol. The van der Waals surface area contributed by atoms with Crippen LogP contribution in [0.3, 0.4) is 0 Å². The zero-order chi connectivity index (χ0) is 18.0. The van der Waals surface area contributed by atoms with Crippen molar-refractivity contribution in [2.75, 3.05) is 40.3 Å². The Bertz CT molecular complexity index is 635. The van der Waals surface area contributed by atoms with Crippen LogP contribution in [0.4, 0.5) is 0 Å². The van der Waals surface area contributed by atoms with Crippen LogP contribution in [-0.4, -0.2) is 70.7 Å². The van der Waals surface area contributed by atoms with E-state index in [1.54, 1.807) is 16.8 Å². The summed E-state index contributed by atoms with van der Waals surface area (Å²) in [5.41, 5.74) is -0.447. The molecule has 2 heterocycles. The molecule has 11 heteroatoms. The van der Waals surface area contributed by atoms with E-state index in [9.17, 15) is 25.0 Å². The van der Waals surface area contributed by atoms with E-state index in [2.05, 4.69) is 5.32 Å². The lowest BCUT2D eigenvalue weighted by Gasteiger charge is -2.40. The number of carbonyl (C=O) groups is 1. The van der Waals surface area contributed by atoms with E-state index in [0.29, 0.717) is 32.0 Å². The standard InChI is InChI=1S/C13H20N6O5/c1-9(20)16-4-6-17(7-5-16)13-11(19(23)24)8-10(18(21)22)12(14-2)15(13)3/h14H,4-8H2,1-3H3. The van der Waals surface area contributed by atoms with Crippen molar-refractivity contribution in [3.63, 3.8) is 0 Å². The van der Waals surface area contributed by atoms with Crippen LogP contribution in [0.2, 0.25) is 0 Å². The lowest BCUT2D eigenvalue weighted by Crippen LogP contribution is -2.51. The lowest BCUT2D eigenvalue weighted by atomic mass is 10.1. The van der Waals surface area contributed by atoms with Gasteiger partial charge in [-0.2, -0.15) is 0 Å². The maximum Gasteiger partial charge on any atom is 0.297 e. The highest BCUT2D eigenvalue weighted by Crippen LogP contribution is 2.31. The Morgan fingerprint density at radius 1 is 1.08 bits per heavy atom. The van der Waals surface area contributed by atoms with Gasteiger partial charge in [0.25, 0.3) is 11.4 Å². The van der Waals surface area contributed by atoms with Crippen molar-refractivity contribution >= 4 is 5.91 Å². The summed E-state index contributed by atoms with van der Waals surface area (Å²) in [6.07, 6.45) is -0.358. The molecular formula is C13H20N6O5. The molecule has 0 aromatic heterocycles. The highest BCUT2D eigenvalue weighted by molar-refractivity contribution is 5.73. The summed E-state index contributed by atoms with van der Waals surface area (Å²) in [7, 11) is 3.10. The van der Waals surface area contributed by atoms with Gasteiger partial charge in [0, 0.05) is 47.2 Å². The average molecular weight is 340 g/mol. The van der Waals surface area contributed by atoms with Crippen LogP contribution in [0.1, 0.15) is 13.3 Å². The molecule has 11 nitrogen and oxygen atoms in total. The second-order valence-electron chi connectivity index (χ2n) is 5.56. The molecule has 0 aliphatic carbocycles. The van der Waals surface area contributed by atoms with E-state index in [4.69, 9.17) is 0 Å². The highest BCUT2D eigenvalue weighted by atomic mass is 16.6. The van der Waals surface area contributed by atoms with Crippen molar-refractivity contribution in [1.82, 2.24) is 20.0 Å². The number of nitrogens with one attached hydrogen (secondary N) is 1. The van der Waals surface area contributed by atoms with E-state index in [0.717, 1.165) is 0 Å². The predicted octanol–water partition coefficient (Wildman–Crippen LogP) is -0.403. The van der Waals surface area contributed by atoms with Gasteiger partial charge in [0.2, 0.25) is 5.91 Å². The van der Waals surface area contributed by atoms with E-state index in [-0.39, 0.29) is 29.5 Å². The molecule has 2 rings (SSSR count). The fraction of sp³-hybridized carbons (Fsp3) is 0.615. The minimum absolute atomic E-state index is 0.0402. The fourth-order valence-corrected chi connectivity index (χ4v) is 3.05. The molecule has 0 bridgehead atoms. The van der Waals surface area contributed by atoms with Crippen LogP contribution in [-0.2, 0) is 4.79 Å². The largest absolute Gasteiger partial charge is 0.369 e. The smallest absolute Gasteiger partial charge is 0.297 e. The van der Waals surface area contributed by atoms with E-state index >= 15 is 0 Å². The molecule has 1 fully saturated rings. The molecule has 1 amide bonds. The molecule has 0 saturated carbocycles. The molecule has 24 heavy (non-hydrogen) atoms. The monoisotopic (exact) mass is 340 g/mol. The third-order valence-corrected chi connectivity index (χ3v) is 4.22. The summed E-state index contributed by atoms with van der Waals surface area (Å²) in [6, 6.07) is 0. The number of hydrogen-bond acceptors (Lipinski definition) is 8. The van der Waals surface area contributed by atoms with Gasteiger partial charge in [0.05, 0.1) is 9.85 Å². The van der Waals surface area contributed by atoms with Gasteiger partial charge in [0.15, 0.2) is 11.6 Å². The van der Waals surface area contributed by atoms with Crippen LogP contribution in [0.5, 0.6) is 0 Å². The van der Waals surface area contributed by atoms with Crippen molar-refractivity contribution in [2.24, 2.45) is 0 Å².